The molecule has 0 spiro atoms. The molecule has 120 valence electrons. The summed E-state index contributed by atoms with van der Waals surface area (Å²) in [7, 11) is 0. The van der Waals surface area contributed by atoms with Gasteiger partial charge in [0.2, 0.25) is 5.91 Å². The van der Waals surface area contributed by atoms with Gasteiger partial charge in [-0.25, -0.2) is 0 Å². The lowest BCUT2D eigenvalue weighted by Gasteiger charge is -2.35. The van der Waals surface area contributed by atoms with Gasteiger partial charge < -0.3 is 9.47 Å². The largest absolute Gasteiger partial charge is 0.342 e. The van der Waals surface area contributed by atoms with Crippen molar-refractivity contribution >= 4 is 5.91 Å². The van der Waals surface area contributed by atoms with Crippen LogP contribution in [0.2, 0.25) is 0 Å². The van der Waals surface area contributed by atoms with Gasteiger partial charge in [-0.3, -0.25) is 4.79 Å². The summed E-state index contributed by atoms with van der Waals surface area (Å²) in [6.45, 7) is 1.69. The van der Waals surface area contributed by atoms with E-state index in [1.54, 1.807) is 12.7 Å². The van der Waals surface area contributed by atoms with E-state index in [9.17, 15) is 4.79 Å². The SMILES string of the molecule is O=C([C@H]1CCc2ccccc2C1)N1CCC(n2cnnc2)CC1. The fourth-order valence-corrected chi connectivity index (χ4v) is 3.95. The van der Waals surface area contributed by atoms with Crippen molar-refractivity contribution < 1.29 is 4.79 Å². The maximum Gasteiger partial charge on any atom is 0.226 e. The predicted octanol–water partition coefficient (Wildman–Crippen LogP) is 2.25. The molecule has 1 amide bonds. The third kappa shape index (κ3) is 2.87. The molecule has 1 aliphatic carbocycles. The Morgan fingerprint density at radius 1 is 1.00 bits per heavy atom. The van der Waals surface area contributed by atoms with Crippen molar-refractivity contribution in [1.29, 1.82) is 0 Å². The normalized spacial score (nSPS) is 21.9. The van der Waals surface area contributed by atoms with Crippen LogP contribution in [0, 0.1) is 5.92 Å². The molecule has 1 aromatic carbocycles. The Labute approximate surface area is 136 Å². The Hall–Kier alpha value is -2.17. The fourth-order valence-electron chi connectivity index (χ4n) is 3.95. The molecule has 2 aromatic rings. The van der Waals surface area contributed by atoms with Crippen molar-refractivity contribution in [3.8, 4) is 0 Å². The van der Waals surface area contributed by atoms with Crippen molar-refractivity contribution in [3.63, 3.8) is 0 Å². The number of likely N-dealkylation sites (tertiary alicyclic amines) is 1. The van der Waals surface area contributed by atoms with Gasteiger partial charge >= 0.3 is 0 Å². The number of aromatic nitrogens is 3. The highest BCUT2D eigenvalue weighted by Gasteiger charge is 2.30. The molecule has 2 aliphatic rings. The number of hydrogen-bond donors (Lipinski definition) is 0. The first-order valence-electron chi connectivity index (χ1n) is 8.51. The lowest BCUT2D eigenvalue weighted by atomic mass is 9.83. The quantitative estimate of drug-likeness (QED) is 0.855. The standard InChI is InChI=1S/C18H22N4O/c23-18(16-6-5-14-3-1-2-4-15(14)11-16)21-9-7-17(8-10-21)22-12-19-20-13-22/h1-4,12-13,16-17H,5-11H2/t16-/m0/s1. The van der Waals surface area contributed by atoms with Gasteiger partial charge in [0.05, 0.1) is 0 Å². The predicted molar refractivity (Wildman–Crippen MR) is 86.8 cm³/mol. The van der Waals surface area contributed by atoms with Crippen LogP contribution in [-0.2, 0) is 17.6 Å². The van der Waals surface area contributed by atoms with Crippen LogP contribution in [0.5, 0.6) is 0 Å². The first-order valence-corrected chi connectivity index (χ1v) is 8.51. The minimum Gasteiger partial charge on any atom is -0.342 e. The smallest absolute Gasteiger partial charge is 0.226 e. The van der Waals surface area contributed by atoms with Crippen LogP contribution in [0.15, 0.2) is 36.9 Å². The number of hydrogen-bond acceptors (Lipinski definition) is 3. The first kappa shape index (κ1) is 14.4. The maximum absolute atomic E-state index is 12.9. The minimum atomic E-state index is 0.163. The van der Waals surface area contributed by atoms with E-state index in [2.05, 4.69) is 43.9 Å². The van der Waals surface area contributed by atoms with Gasteiger partial charge in [-0.15, -0.1) is 10.2 Å². The van der Waals surface area contributed by atoms with Crippen LogP contribution in [0.3, 0.4) is 0 Å². The summed E-state index contributed by atoms with van der Waals surface area (Å²) in [5.41, 5.74) is 2.78. The van der Waals surface area contributed by atoms with Crippen molar-refractivity contribution in [2.45, 2.75) is 38.1 Å². The Kier molecular flexibility index (Phi) is 3.85. The van der Waals surface area contributed by atoms with E-state index in [1.165, 1.54) is 11.1 Å². The lowest BCUT2D eigenvalue weighted by Crippen LogP contribution is -2.43. The van der Waals surface area contributed by atoms with Crippen molar-refractivity contribution in [2.24, 2.45) is 5.92 Å². The summed E-state index contributed by atoms with van der Waals surface area (Å²) < 4.78 is 2.07. The number of carbonyl (C=O) groups is 1. The second-order valence-electron chi connectivity index (χ2n) is 6.67. The number of amides is 1. The van der Waals surface area contributed by atoms with E-state index in [4.69, 9.17) is 0 Å². The third-order valence-corrected chi connectivity index (χ3v) is 5.33. The summed E-state index contributed by atoms with van der Waals surface area (Å²) >= 11 is 0. The summed E-state index contributed by atoms with van der Waals surface area (Å²) in [5.74, 6) is 0.512. The molecule has 0 bridgehead atoms. The molecule has 0 unspecified atom stereocenters. The Bertz CT molecular complexity index is 674. The lowest BCUT2D eigenvalue weighted by molar-refractivity contribution is -0.137. The molecule has 1 saturated heterocycles. The molecule has 1 fully saturated rings. The van der Waals surface area contributed by atoms with Gasteiger partial charge in [0.25, 0.3) is 0 Å². The van der Waals surface area contributed by atoms with Crippen LogP contribution in [-0.4, -0.2) is 38.7 Å². The molecule has 5 heteroatoms. The molecule has 0 saturated carbocycles. The van der Waals surface area contributed by atoms with Gasteiger partial charge in [0.1, 0.15) is 12.7 Å². The van der Waals surface area contributed by atoms with E-state index in [0.29, 0.717) is 11.9 Å². The maximum atomic E-state index is 12.9. The fraction of sp³-hybridized carbons (Fsp3) is 0.500. The highest BCUT2D eigenvalue weighted by molar-refractivity contribution is 5.79. The van der Waals surface area contributed by atoms with Crippen LogP contribution in [0.4, 0.5) is 0 Å². The average Bonchev–Trinajstić information content (AvgIpc) is 3.15. The number of piperidine rings is 1. The second-order valence-corrected chi connectivity index (χ2v) is 6.67. The van der Waals surface area contributed by atoms with Crippen LogP contribution < -0.4 is 0 Å². The van der Waals surface area contributed by atoms with Crippen molar-refractivity contribution in [3.05, 3.63) is 48.0 Å². The van der Waals surface area contributed by atoms with Gasteiger partial charge in [-0.2, -0.15) is 0 Å². The molecule has 1 atom stereocenters. The van der Waals surface area contributed by atoms with Crippen LogP contribution in [0.25, 0.3) is 0 Å². The highest BCUT2D eigenvalue weighted by atomic mass is 16.2. The van der Waals surface area contributed by atoms with Crippen molar-refractivity contribution in [2.75, 3.05) is 13.1 Å². The number of fused-ring (bicyclic) bond motifs is 1. The summed E-state index contributed by atoms with van der Waals surface area (Å²) in [5, 5.41) is 7.76. The Morgan fingerprint density at radius 3 is 2.43 bits per heavy atom. The molecular formula is C18H22N4O. The molecule has 5 nitrogen and oxygen atoms in total. The third-order valence-electron chi connectivity index (χ3n) is 5.33. The van der Waals surface area contributed by atoms with Crippen molar-refractivity contribution in [1.82, 2.24) is 19.7 Å². The van der Waals surface area contributed by atoms with E-state index in [1.807, 2.05) is 0 Å². The molecule has 1 aliphatic heterocycles. The van der Waals surface area contributed by atoms with Crippen LogP contribution >= 0.6 is 0 Å². The number of nitrogens with zero attached hydrogens (tertiary/aromatic N) is 4. The summed E-state index contributed by atoms with van der Waals surface area (Å²) in [6.07, 6.45) is 8.46. The van der Waals surface area contributed by atoms with Gasteiger partial charge in [-0.05, 0) is 43.2 Å². The number of carbonyl (C=O) groups excluding carboxylic acids is 1. The van der Waals surface area contributed by atoms with Gasteiger partial charge in [-0.1, -0.05) is 24.3 Å². The van der Waals surface area contributed by atoms with Gasteiger partial charge in [0.15, 0.2) is 0 Å². The van der Waals surface area contributed by atoms with E-state index >= 15 is 0 Å². The van der Waals surface area contributed by atoms with E-state index in [-0.39, 0.29) is 5.92 Å². The zero-order valence-electron chi connectivity index (χ0n) is 13.3. The molecule has 0 radical (unpaired) electrons. The zero-order chi connectivity index (χ0) is 15.6. The van der Waals surface area contributed by atoms with Gasteiger partial charge in [0, 0.05) is 25.0 Å². The molecular weight excluding hydrogens is 288 g/mol. The second kappa shape index (κ2) is 6.14. The number of benzene rings is 1. The Balaban J connectivity index is 1.37. The molecule has 4 rings (SSSR count). The number of rotatable bonds is 2. The minimum absolute atomic E-state index is 0.163. The summed E-state index contributed by atoms with van der Waals surface area (Å²) in [6, 6.07) is 8.97. The van der Waals surface area contributed by atoms with E-state index in [0.717, 1.165) is 45.2 Å². The molecule has 0 N–H and O–H groups in total. The molecule has 23 heavy (non-hydrogen) atoms. The monoisotopic (exact) mass is 310 g/mol. The highest BCUT2D eigenvalue weighted by Crippen LogP contribution is 2.29. The molecule has 2 heterocycles. The zero-order valence-corrected chi connectivity index (χ0v) is 13.3. The summed E-state index contributed by atoms with van der Waals surface area (Å²) in [4.78, 5) is 14.9. The first-order chi connectivity index (χ1) is 11.3. The van der Waals surface area contributed by atoms with Crippen LogP contribution in [0.1, 0.15) is 36.4 Å². The molecule has 1 aromatic heterocycles. The average molecular weight is 310 g/mol. The number of aryl methyl sites for hydroxylation is 1. The Morgan fingerprint density at radius 2 is 1.70 bits per heavy atom. The van der Waals surface area contributed by atoms with E-state index < -0.39 is 0 Å². The topological polar surface area (TPSA) is 51.0 Å².